The summed E-state index contributed by atoms with van der Waals surface area (Å²) >= 11 is 0. The second kappa shape index (κ2) is 14.0. The van der Waals surface area contributed by atoms with Crippen LogP contribution in [-0.4, -0.2) is 24.0 Å². The molecule has 0 saturated heterocycles. The first kappa shape index (κ1) is 22.9. The Morgan fingerprint density at radius 1 is 1.00 bits per heavy atom. The smallest absolute Gasteiger partial charge is 0.270 e. The molecule has 1 aromatic carbocycles. The van der Waals surface area contributed by atoms with Gasteiger partial charge in [-0.2, -0.15) is 0 Å². The molecule has 0 aliphatic rings. The van der Waals surface area contributed by atoms with Gasteiger partial charge in [0.1, 0.15) is 5.75 Å². The molecule has 0 radical (unpaired) electrons. The van der Waals surface area contributed by atoms with E-state index >= 15 is 0 Å². The molecule has 0 aromatic heterocycles. The van der Waals surface area contributed by atoms with E-state index in [9.17, 15) is 14.9 Å². The minimum Gasteiger partial charge on any atom is -0.493 e. The fourth-order valence-electron chi connectivity index (χ4n) is 2.85. The first-order chi connectivity index (χ1) is 13.1. The molecule has 0 heterocycles. The normalized spacial score (nSPS) is 10.6. The Morgan fingerprint density at radius 3 is 2.30 bits per heavy atom. The lowest BCUT2D eigenvalue weighted by atomic mass is 10.1. The van der Waals surface area contributed by atoms with Gasteiger partial charge >= 0.3 is 0 Å². The summed E-state index contributed by atoms with van der Waals surface area (Å²) in [6, 6.07) is 4.22. The Morgan fingerprint density at radius 2 is 1.63 bits per heavy atom. The van der Waals surface area contributed by atoms with Crippen LogP contribution in [0.4, 0.5) is 5.69 Å². The lowest BCUT2D eigenvalue weighted by Crippen LogP contribution is -2.25. The number of carbonyl (C=O) groups excluding carboxylic acids is 1. The Bertz CT molecular complexity index is 575. The van der Waals surface area contributed by atoms with Crippen molar-refractivity contribution in [3.63, 3.8) is 0 Å². The third-order valence-corrected chi connectivity index (χ3v) is 4.49. The van der Waals surface area contributed by atoms with Crippen molar-refractivity contribution in [2.24, 2.45) is 0 Å². The van der Waals surface area contributed by atoms with Gasteiger partial charge in [-0.15, -0.1) is 0 Å². The number of nitrogens with zero attached hydrogens (tertiary/aromatic N) is 1. The minimum atomic E-state index is -0.491. The maximum atomic E-state index is 12.5. The number of nitro groups is 1. The average molecular weight is 379 g/mol. The standard InChI is InChI=1S/C21H34N2O4/c1-3-5-7-9-10-12-16-27-20-14-13-18(23(25)26)17-19(20)21(24)22-15-11-8-6-4-2/h13-14,17H,3-12,15-16H2,1-2H3,(H,22,24). The number of carbonyl (C=O) groups is 1. The highest BCUT2D eigenvalue weighted by Gasteiger charge is 2.17. The zero-order valence-corrected chi connectivity index (χ0v) is 16.8. The van der Waals surface area contributed by atoms with Crippen molar-refractivity contribution >= 4 is 11.6 Å². The van der Waals surface area contributed by atoms with Gasteiger partial charge in [0, 0.05) is 18.7 Å². The van der Waals surface area contributed by atoms with Crippen LogP contribution >= 0.6 is 0 Å². The lowest BCUT2D eigenvalue weighted by molar-refractivity contribution is -0.384. The van der Waals surface area contributed by atoms with Gasteiger partial charge in [0.15, 0.2) is 0 Å². The average Bonchev–Trinajstić information content (AvgIpc) is 2.67. The quantitative estimate of drug-likeness (QED) is 0.243. The van der Waals surface area contributed by atoms with E-state index in [1.165, 1.54) is 43.9 Å². The van der Waals surface area contributed by atoms with E-state index < -0.39 is 4.92 Å². The summed E-state index contributed by atoms with van der Waals surface area (Å²) in [6.07, 6.45) is 11.1. The van der Waals surface area contributed by atoms with Gasteiger partial charge in [0.25, 0.3) is 11.6 Å². The van der Waals surface area contributed by atoms with Crippen molar-refractivity contribution in [2.45, 2.75) is 78.1 Å². The predicted octanol–water partition coefficient (Wildman–Crippen LogP) is 5.64. The van der Waals surface area contributed by atoms with Crippen LogP contribution in [0.25, 0.3) is 0 Å². The molecular formula is C21H34N2O4. The number of unbranched alkanes of at least 4 members (excludes halogenated alkanes) is 8. The van der Waals surface area contributed by atoms with Crippen LogP contribution in [0.15, 0.2) is 18.2 Å². The molecular weight excluding hydrogens is 344 g/mol. The molecule has 0 saturated carbocycles. The van der Waals surface area contributed by atoms with Crippen molar-refractivity contribution in [3.05, 3.63) is 33.9 Å². The van der Waals surface area contributed by atoms with Crippen LogP contribution in [-0.2, 0) is 0 Å². The van der Waals surface area contributed by atoms with Gasteiger partial charge in [-0.3, -0.25) is 14.9 Å². The summed E-state index contributed by atoms with van der Waals surface area (Å²) in [5, 5.41) is 13.9. The van der Waals surface area contributed by atoms with Gasteiger partial charge in [-0.05, 0) is 18.9 Å². The molecule has 0 unspecified atom stereocenters. The second-order valence-corrected chi connectivity index (χ2v) is 6.87. The largest absolute Gasteiger partial charge is 0.493 e. The molecule has 0 aliphatic carbocycles. The molecule has 0 fully saturated rings. The molecule has 27 heavy (non-hydrogen) atoms. The predicted molar refractivity (Wildman–Crippen MR) is 108 cm³/mol. The van der Waals surface area contributed by atoms with Crippen molar-refractivity contribution in [1.29, 1.82) is 0 Å². The summed E-state index contributed by atoms with van der Waals surface area (Å²) < 4.78 is 5.76. The molecule has 1 N–H and O–H groups in total. The van der Waals surface area contributed by atoms with Crippen LogP contribution in [0.1, 0.15) is 88.4 Å². The van der Waals surface area contributed by atoms with Gasteiger partial charge in [-0.25, -0.2) is 0 Å². The molecule has 1 rings (SSSR count). The fourth-order valence-corrected chi connectivity index (χ4v) is 2.85. The highest BCUT2D eigenvalue weighted by atomic mass is 16.6. The van der Waals surface area contributed by atoms with Crippen LogP contribution in [0.2, 0.25) is 0 Å². The summed E-state index contributed by atoms with van der Waals surface area (Å²) in [5.74, 6) is 0.105. The van der Waals surface area contributed by atoms with Gasteiger partial charge in [-0.1, -0.05) is 65.2 Å². The third kappa shape index (κ3) is 9.40. The summed E-state index contributed by atoms with van der Waals surface area (Å²) in [5.41, 5.74) is 0.142. The number of hydrogen-bond acceptors (Lipinski definition) is 4. The molecule has 0 spiro atoms. The molecule has 152 valence electrons. The van der Waals surface area contributed by atoms with Crippen molar-refractivity contribution in [2.75, 3.05) is 13.2 Å². The maximum Gasteiger partial charge on any atom is 0.270 e. The Hall–Kier alpha value is -2.11. The van der Waals surface area contributed by atoms with E-state index in [0.717, 1.165) is 38.5 Å². The minimum absolute atomic E-state index is 0.0990. The highest BCUT2D eigenvalue weighted by molar-refractivity contribution is 5.97. The topological polar surface area (TPSA) is 81.5 Å². The first-order valence-corrected chi connectivity index (χ1v) is 10.3. The Kier molecular flexibility index (Phi) is 11.9. The number of hydrogen-bond donors (Lipinski definition) is 1. The number of benzene rings is 1. The van der Waals surface area contributed by atoms with Gasteiger partial charge in [0.2, 0.25) is 0 Å². The van der Waals surface area contributed by atoms with Crippen LogP contribution in [0, 0.1) is 10.1 Å². The number of non-ortho nitro benzene ring substituents is 1. The number of amides is 1. The van der Waals surface area contributed by atoms with Crippen LogP contribution in [0.3, 0.4) is 0 Å². The van der Waals surface area contributed by atoms with Crippen molar-refractivity contribution in [1.82, 2.24) is 5.32 Å². The molecule has 0 aliphatic heterocycles. The monoisotopic (exact) mass is 378 g/mol. The van der Waals surface area contributed by atoms with Gasteiger partial charge < -0.3 is 10.1 Å². The first-order valence-electron chi connectivity index (χ1n) is 10.3. The lowest BCUT2D eigenvalue weighted by Gasteiger charge is -2.12. The van der Waals surface area contributed by atoms with Crippen molar-refractivity contribution in [3.8, 4) is 5.75 Å². The number of rotatable bonds is 15. The zero-order chi connectivity index (χ0) is 19.9. The van der Waals surface area contributed by atoms with E-state index in [4.69, 9.17) is 4.74 Å². The van der Waals surface area contributed by atoms with E-state index in [-0.39, 0.29) is 17.2 Å². The number of nitro benzene ring substituents is 1. The summed E-state index contributed by atoms with van der Waals surface area (Å²) in [6.45, 7) is 5.41. The van der Waals surface area contributed by atoms with Crippen LogP contribution in [0.5, 0.6) is 5.75 Å². The van der Waals surface area contributed by atoms with Crippen molar-refractivity contribution < 1.29 is 14.5 Å². The van der Waals surface area contributed by atoms with Crippen LogP contribution < -0.4 is 10.1 Å². The molecule has 0 bridgehead atoms. The van der Waals surface area contributed by atoms with E-state index in [0.29, 0.717) is 18.9 Å². The molecule has 1 aromatic rings. The SMILES string of the molecule is CCCCCCCCOc1ccc([N+](=O)[O-])cc1C(=O)NCCCCCC. The Labute approximate surface area is 162 Å². The number of nitrogens with one attached hydrogen (secondary N) is 1. The molecule has 6 heteroatoms. The second-order valence-electron chi connectivity index (χ2n) is 6.87. The van der Waals surface area contributed by atoms with E-state index in [1.807, 2.05) is 0 Å². The molecule has 0 atom stereocenters. The third-order valence-electron chi connectivity index (χ3n) is 4.49. The Balaban J connectivity index is 2.59. The summed E-state index contributed by atoms with van der Waals surface area (Å²) in [7, 11) is 0. The highest BCUT2D eigenvalue weighted by Crippen LogP contribution is 2.24. The van der Waals surface area contributed by atoms with E-state index in [2.05, 4.69) is 19.2 Å². The molecule has 6 nitrogen and oxygen atoms in total. The fraction of sp³-hybridized carbons (Fsp3) is 0.667. The van der Waals surface area contributed by atoms with Gasteiger partial charge in [0.05, 0.1) is 17.1 Å². The zero-order valence-electron chi connectivity index (χ0n) is 16.8. The van der Waals surface area contributed by atoms with E-state index in [1.54, 1.807) is 0 Å². The summed E-state index contributed by atoms with van der Waals surface area (Å²) in [4.78, 5) is 23.0. The molecule has 1 amide bonds. The number of ether oxygens (including phenoxy) is 1. The maximum absolute atomic E-state index is 12.5.